The number of esters is 1. The molecule has 0 heterocycles. The quantitative estimate of drug-likeness (QED) is 0.684. The summed E-state index contributed by atoms with van der Waals surface area (Å²) < 4.78 is 31.9. The molecule has 20 heavy (non-hydrogen) atoms. The molecule has 0 unspecified atom stereocenters. The molecule has 2 rings (SSSR count). The Morgan fingerprint density at radius 2 is 1.90 bits per heavy atom. The summed E-state index contributed by atoms with van der Waals surface area (Å²) in [4.78, 5) is 11.8. The van der Waals surface area contributed by atoms with Gasteiger partial charge in [0.2, 0.25) is 0 Å². The monoisotopic (exact) mass is 341 g/mol. The van der Waals surface area contributed by atoms with Crippen LogP contribution in [0.4, 0.5) is 14.5 Å². The third-order valence-electron chi connectivity index (χ3n) is 2.57. The van der Waals surface area contributed by atoms with Gasteiger partial charge < -0.3 is 10.5 Å². The van der Waals surface area contributed by atoms with Crippen LogP contribution in [-0.2, 0) is 11.3 Å². The van der Waals surface area contributed by atoms with E-state index >= 15 is 0 Å². The van der Waals surface area contributed by atoms with Crippen LogP contribution in [0.15, 0.2) is 40.9 Å². The van der Waals surface area contributed by atoms with Crippen LogP contribution < -0.4 is 5.73 Å². The van der Waals surface area contributed by atoms with Gasteiger partial charge in [-0.05, 0) is 23.8 Å². The summed E-state index contributed by atoms with van der Waals surface area (Å²) in [5.74, 6) is -3.05. The number of hydrogen-bond donors (Lipinski definition) is 1. The smallest absolute Gasteiger partial charge is 0.340 e. The van der Waals surface area contributed by atoms with Gasteiger partial charge in [0.1, 0.15) is 6.61 Å². The molecule has 0 radical (unpaired) electrons. The van der Waals surface area contributed by atoms with Crippen molar-refractivity contribution in [2.75, 3.05) is 5.73 Å². The first kappa shape index (κ1) is 14.5. The van der Waals surface area contributed by atoms with Crippen molar-refractivity contribution in [2.24, 2.45) is 0 Å². The Bertz CT molecular complexity index is 662. The third-order valence-corrected chi connectivity index (χ3v) is 3.06. The number of ether oxygens (including phenoxy) is 1. The predicted octanol–water partition coefficient (Wildman–Crippen LogP) is 3.67. The molecule has 0 aliphatic rings. The number of hydrogen-bond acceptors (Lipinski definition) is 3. The highest BCUT2D eigenvalue weighted by Crippen LogP contribution is 2.19. The lowest BCUT2D eigenvalue weighted by atomic mass is 10.1. The molecule has 0 atom stereocenters. The molecule has 6 heteroatoms. The summed E-state index contributed by atoms with van der Waals surface area (Å²) in [5.41, 5.74) is 5.87. The summed E-state index contributed by atoms with van der Waals surface area (Å²) >= 11 is 3.29. The Labute approximate surface area is 122 Å². The van der Waals surface area contributed by atoms with Gasteiger partial charge in [-0.1, -0.05) is 28.1 Å². The average Bonchev–Trinajstić information content (AvgIpc) is 2.40. The van der Waals surface area contributed by atoms with Gasteiger partial charge in [-0.2, -0.15) is 0 Å². The predicted molar refractivity (Wildman–Crippen MR) is 74.0 cm³/mol. The SMILES string of the molecule is Nc1cc(F)c(F)cc1C(=O)OCc1cccc(Br)c1. The van der Waals surface area contributed by atoms with Crippen LogP contribution in [0.3, 0.4) is 0 Å². The van der Waals surface area contributed by atoms with Crippen LogP contribution in [-0.4, -0.2) is 5.97 Å². The fraction of sp³-hybridized carbons (Fsp3) is 0.0714. The maximum Gasteiger partial charge on any atom is 0.340 e. The van der Waals surface area contributed by atoms with Crippen molar-refractivity contribution in [3.05, 3.63) is 63.6 Å². The number of anilines is 1. The second kappa shape index (κ2) is 6.00. The van der Waals surface area contributed by atoms with E-state index in [1.165, 1.54) is 0 Å². The van der Waals surface area contributed by atoms with Crippen molar-refractivity contribution in [1.82, 2.24) is 0 Å². The lowest BCUT2D eigenvalue weighted by molar-refractivity contribution is 0.0473. The molecule has 0 saturated carbocycles. The molecule has 0 bridgehead atoms. The van der Waals surface area contributed by atoms with E-state index in [0.29, 0.717) is 0 Å². The van der Waals surface area contributed by atoms with E-state index in [-0.39, 0.29) is 17.9 Å². The lowest BCUT2D eigenvalue weighted by Gasteiger charge is -2.08. The Kier molecular flexibility index (Phi) is 4.34. The van der Waals surface area contributed by atoms with Crippen molar-refractivity contribution in [1.29, 1.82) is 0 Å². The van der Waals surface area contributed by atoms with E-state index in [1.807, 2.05) is 6.07 Å². The van der Waals surface area contributed by atoms with Gasteiger partial charge in [0.15, 0.2) is 11.6 Å². The first-order valence-corrected chi connectivity index (χ1v) is 6.43. The van der Waals surface area contributed by atoms with E-state index in [2.05, 4.69) is 15.9 Å². The molecular weight excluding hydrogens is 332 g/mol. The van der Waals surface area contributed by atoms with Gasteiger partial charge >= 0.3 is 5.97 Å². The minimum atomic E-state index is -1.14. The lowest BCUT2D eigenvalue weighted by Crippen LogP contribution is -2.09. The summed E-state index contributed by atoms with van der Waals surface area (Å²) in [7, 11) is 0. The highest BCUT2D eigenvalue weighted by Gasteiger charge is 2.15. The molecule has 2 N–H and O–H groups in total. The van der Waals surface area contributed by atoms with E-state index in [1.54, 1.807) is 18.2 Å². The largest absolute Gasteiger partial charge is 0.457 e. The van der Waals surface area contributed by atoms with Crippen molar-refractivity contribution in [2.45, 2.75) is 6.61 Å². The summed E-state index contributed by atoms with van der Waals surface area (Å²) in [6.45, 7) is 0.0106. The number of carbonyl (C=O) groups is 1. The Morgan fingerprint density at radius 3 is 2.60 bits per heavy atom. The topological polar surface area (TPSA) is 52.3 Å². The van der Waals surface area contributed by atoms with Crippen LogP contribution >= 0.6 is 15.9 Å². The van der Waals surface area contributed by atoms with Crippen molar-refractivity contribution in [3.63, 3.8) is 0 Å². The Hall–Kier alpha value is -1.95. The average molecular weight is 342 g/mol. The van der Waals surface area contributed by atoms with Crippen molar-refractivity contribution in [3.8, 4) is 0 Å². The normalized spacial score (nSPS) is 10.3. The fourth-order valence-electron chi connectivity index (χ4n) is 1.59. The van der Waals surface area contributed by atoms with E-state index in [4.69, 9.17) is 10.5 Å². The van der Waals surface area contributed by atoms with Gasteiger partial charge in [0, 0.05) is 16.2 Å². The van der Waals surface area contributed by atoms with E-state index in [0.717, 1.165) is 22.2 Å². The van der Waals surface area contributed by atoms with Crippen LogP contribution in [0.5, 0.6) is 0 Å². The van der Waals surface area contributed by atoms with E-state index < -0.39 is 17.6 Å². The number of carbonyl (C=O) groups excluding carboxylic acids is 1. The number of benzene rings is 2. The minimum Gasteiger partial charge on any atom is -0.457 e. The van der Waals surface area contributed by atoms with Crippen LogP contribution in [0, 0.1) is 11.6 Å². The molecular formula is C14H10BrF2NO2. The minimum absolute atomic E-state index is 0.0106. The standard InChI is InChI=1S/C14H10BrF2NO2/c15-9-3-1-2-8(4-9)7-20-14(19)10-5-11(16)12(17)6-13(10)18/h1-6H,7,18H2. The summed E-state index contributed by atoms with van der Waals surface area (Å²) in [5, 5.41) is 0. The maximum absolute atomic E-state index is 13.1. The van der Waals surface area contributed by atoms with Crippen LogP contribution in [0.2, 0.25) is 0 Å². The van der Waals surface area contributed by atoms with Crippen molar-refractivity contribution < 1.29 is 18.3 Å². The van der Waals surface area contributed by atoms with Gasteiger partial charge in [-0.25, -0.2) is 13.6 Å². The zero-order valence-electron chi connectivity index (χ0n) is 10.2. The zero-order valence-corrected chi connectivity index (χ0v) is 11.8. The third kappa shape index (κ3) is 3.33. The maximum atomic E-state index is 13.1. The van der Waals surface area contributed by atoms with Gasteiger partial charge in [0.05, 0.1) is 5.56 Å². The molecule has 2 aromatic rings. The Morgan fingerprint density at radius 1 is 1.20 bits per heavy atom. The van der Waals surface area contributed by atoms with E-state index in [9.17, 15) is 13.6 Å². The number of nitrogens with two attached hydrogens (primary N) is 1. The molecule has 0 saturated heterocycles. The summed E-state index contributed by atoms with van der Waals surface area (Å²) in [6.07, 6.45) is 0. The first-order chi connectivity index (χ1) is 9.47. The summed E-state index contributed by atoms with van der Waals surface area (Å²) in [6, 6.07) is 8.66. The number of rotatable bonds is 3. The number of nitrogen functional groups attached to an aromatic ring is 1. The van der Waals surface area contributed by atoms with Crippen molar-refractivity contribution >= 4 is 27.6 Å². The molecule has 0 spiro atoms. The second-order valence-electron chi connectivity index (χ2n) is 4.06. The zero-order chi connectivity index (χ0) is 14.7. The Balaban J connectivity index is 2.11. The molecule has 0 aliphatic heterocycles. The number of halogens is 3. The van der Waals surface area contributed by atoms with Gasteiger partial charge in [-0.15, -0.1) is 0 Å². The molecule has 0 aromatic heterocycles. The molecule has 3 nitrogen and oxygen atoms in total. The highest BCUT2D eigenvalue weighted by molar-refractivity contribution is 9.10. The van der Waals surface area contributed by atoms with Gasteiger partial charge in [0.25, 0.3) is 0 Å². The fourth-order valence-corrected chi connectivity index (χ4v) is 2.04. The molecule has 0 amide bonds. The van der Waals surface area contributed by atoms with Crippen LogP contribution in [0.1, 0.15) is 15.9 Å². The highest BCUT2D eigenvalue weighted by atomic mass is 79.9. The molecule has 104 valence electrons. The molecule has 0 aliphatic carbocycles. The molecule has 0 fully saturated rings. The van der Waals surface area contributed by atoms with Gasteiger partial charge in [-0.3, -0.25) is 0 Å². The first-order valence-electron chi connectivity index (χ1n) is 5.63. The second-order valence-corrected chi connectivity index (χ2v) is 4.98. The van der Waals surface area contributed by atoms with Crippen LogP contribution in [0.25, 0.3) is 0 Å². The molecule has 2 aromatic carbocycles.